The molecule has 0 aromatic carbocycles. The smallest absolute Gasteiger partial charge is 0.325 e. The van der Waals surface area contributed by atoms with Gasteiger partial charge in [0.2, 0.25) is 0 Å². The third-order valence-electron chi connectivity index (χ3n) is 1.54. The highest BCUT2D eigenvalue weighted by atomic mass is 16.5. The molecule has 0 unspecified atom stereocenters. The molecule has 5 nitrogen and oxygen atoms in total. The molecule has 14 heavy (non-hydrogen) atoms. The van der Waals surface area contributed by atoms with Gasteiger partial charge in [-0.2, -0.15) is 0 Å². The number of urea groups is 1. The fraction of sp³-hybridized carbons (Fsp3) is 0.778. The number of hydrogen-bond acceptors (Lipinski definition) is 3. The average Bonchev–Trinajstić information content (AvgIpc) is 2.14. The summed E-state index contributed by atoms with van der Waals surface area (Å²) >= 11 is 0. The number of rotatable bonds is 5. The van der Waals surface area contributed by atoms with Gasteiger partial charge in [0.25, 0.3) is 0 Å². The molecule has 2 amide bonds. The van der Waals surface area contributed by atoms with Gasteiger partial charge in [-0.15, -0.1) is 0 Å². The first-order valence-corrected chi connectivity index (χ1v) is 4.76. The first-order chi connectivity index (χ1) is 6.61. The largest absolute Gasteiger partial charge is 0.465 e. The lowest BCUT2D eigenvalue weighted by atomic mass is 10.5. The molecule has 0 radical (unpaired) electrons. The summed E-state index contributed by atoms with van der Waals surface area (Å²) in [4.78, 5) is 23.5. The lowest BCUT2D eigenvalue weighted by Crippen LogP contribution is -2.40. The maximum Gasteiger partial charge on any atom is 0.325 e. The van der Waals surface area contributed by atoms with Gasteiger partial charge in [0, 0.05) is 13.6 Å². The molecule has 0 heterocycles. The first-order valence-electron chi connectivity index (χ1n) is 4.76. The van der Waals surface area contributed by atoms with E-state index in [1.54, 1.807) is 14.0 Å². The molecule has 5 heteroatoms. The Bertz CT molecular complexity index is 194. The SMILES string of the molecule is CCCNC(=O)N(C)CC(=O)OCC. The van der Waals surface area contributed by atoms with Crippen molar-refractivity contribution in [3.05, 3.63) is 0 Å². The van der Waals surface area contributed by atoms with Crippen molar-refractivity contribution in [3.63, 3.8) is 0 Å². The van der Waals surface area contributed by atoms with Crippen molar-refractivity contribution >= 4 is 12.0 Å². The third-order valence-corrected chi connectivity index (χ3v) is 1.54. The van der Waals surface area contributed by atoms with Crippen LogP contribution in [-0.4, -0.2) is 43.6 Å². The zero-order chi connectivity index (χ0) is 11.0. The van der Waals surface area contributed by atoms with Crippen LogP contribution < -0.4 is 5.32 Å². The van der Waals surface area contributed by atoms with Crippen LogP contribution in [0.3, 0.4) is 0 Å². The average molecular weight is 202 g/mol. The van der Waals surface area contributed by atoms with E-state index in [4.69, 9.17) is 4.74 Å². The van der Waals surface area contributed by atoms with E-state index in [1.165, 1.54) is 4.90 Å². The standard InChI is InChI=1S/C9H18N2O3/c1-4-6-10-9(13)11(3)7-8(12)14-5-2/h4-7H2,1-3H3,(H,10,13). The summed E-state index contributed by atoms with van der Waals surface area (Å²) in [5.41, 5.74) is 0. The fourth-order valence-corrected chi connectivity index (χ4v) is 0.839. The maximum atomic E-state index is 11.2. The van der Waals surface area contributed by atoms with Gasteiger partial charge in [-0.05, 0) is 13.3 Å². The number of likely N-dealkylation sites (N-methyl/N-ethyl adjacent to an activating group) is 1. The lowest BCUT2D eigenvalue weighted by Gasteiger charge is -2.16. The van der Waals surface area contributed by atoms with Crippen LogP contribution in [0.15, 0.2) is 0 Å². The summed E-state index contributed by atoms with van der Waals surface area (Å²) in [5, 5.41) is 2.66. The summed E-state index contributed by atoms with van der Waals surface area (Å²) in [5.74, 6) is -0.387. The topological polar surface area (TPSA) is 58.6 Å². The second kappa shape index (κ2) is 7.17. The Kier molecular flexibility index (Phi) is 6.53. The Labute approximate surface area is 84.4 Å². The number of nitrogens with zero attached hydrogens (tertiary/aromatic N) is 1. The fourth-order valence-electron chi connectivity index (χ4n) is 0.839. The van der Waals surface area contributed by atoms with E-state index in [-0.39, 0.29) is 18.5 Å². The minimum atomic E-state index is -0.387. The van der Waals surface area contributed by atoms with Crippen LogP contribution in [0.5, 0.6) is 0 Å². The van der Waals surface area contributed by atoms with E-state index in [0.717, 1.165) is 6.42 Å². The Morgan fingerprint density at radius 3 is 2.50 bits per heavy atom. The van der Waals surface area contributed by atoms with Crippen LogP contribution >= 0.6 is 0 Å². The number of esters is 1. The van der Waals surface area contributed by atoms with Gasteiger partial charge in [-0.3, -0.25) is 4.79 Å². The molecule has 82 valence electrons. The first kappa shape index (κ1) is 12.7. The molecule has 0 atom stereocenters. The highest BCUT2D eigenvalue weighted by Gasteiger charge is 2.11. The van der Waals surface area contributed by atoms with Crippen molar-refractivity contribution in [2.75, 3.05) is 26.7 Å². The van der Waals surface area contributed by atoms with Gasteiger partial charge in [-0.1, -0.05) is 6.92 Å². The van der Waals surface area contributed by atoms with Crippen molar-refractivity contribution < 1.29 is 14.3 Å². The van der Waals surface area contributed by atoms with Gasteiger partial charge in [-0.25, -0.2) is 4.79 Å². The molecule has 0 spiro atoms. The second-order valence-corrected chi connectivity index (χ2v) is 2.89. The Balaban J connectivity index is 3.76. The van der Waals surface area contributed by atoms with Crippen molar-refractivity contribution in [2.45, 2.75) is 20.3 Å². The van der Waals surface area contributed by atoms with Crippen LogP contribution in [-0.2, 0) is 9.53 Å². The molecule has 0 aromatic heterocycles. The number of nitrogens with one attached hydrogen (secondary N) is 1. The highest BCUT2D eigenvalue weighted by molar-refractivity contribution is 5.80. The predicted octanol–water partition coefficient (Wildman–Crippen LogP) is 0.601. The minimum Gasteiger partial charge on any atom is -0.465 e. The number of carbonyl (C=O) groups is 2. The van der Waals surface area contributed by atoms with E-state index >= 15 is 0 Å². The summed E-state index contributed by atoms with van der Waals surface area (Å²) in [6.45, 7) is 4.64. The van der Waals surface area contributed by atoms with Crippen LogP contribution in [0, 0.1) is 0 Å². The Morgan fingerprint density at radius 2 is 2.00 bits per heavy atom. The van der Waals surface area contributed by atoms with Crippen molar-refractivity contribution in [3.8, 4) is 0 Å². The monoisotopic (exact) mass is 202 g/mol. The second-order valence-electron chi connectivity index (χ2n) is 2.89. The zero-order valence-electron chi connectivity index (χ0n) is 9.00. The lowest BCUT2D eigenvalue weighted by molar-refractivity contribution is -0.143. The van der Waals surface area contributed by atoms with Gasteiger partial charge >= 0.3 is 12.0 Å². The molecular formula is C9H18N2O3. The quantitative estimate of drug-likeness (QED) is 0.664. The number of hydrogen-bond donors (Lipinski definition) is 1. The molecule has 0 saturated heterocycles. The van der Waals surface area contributed by atoms with E-state index in [1.807, 2.05) is 6.92 Å². The van der Waals surface area contributed by atoms with Crippen LogP contribution in [0.25, 0.3) is 0 Å². The van der Waals surface area contributed by atoms with Gasteiger partial charge < -0.3 is 15.0 Å². The number of amides is 2. The van der Waals surface area contributed by atoms with Gasteiger partial charge in [0.15, 0.2) is 0 Å². The van der Waals surface area contributed by atoms with Crippen LogP contribution in [0.4, 0.5) is 4.79 Å². The van der Waals surface area contributed by atoms with Gasteiger partial charge in [0.05, 0.1) is 6.61 Å². The Morgan fingerprint density at radius 1 is 1.36 bits per heavy atom. The molecule has 0 aromatic rings. The van der Waals surface area contributed by atoms with Crippen LogP contribution in [0.1, 0.15) is 20.3 Å². The van der Waals surface area contributed by atoms with E-state index < -0.39 is 0 Å². The normalized spacial score (nSPS) is 9.36. The molecular weight excluding hydrogens is 184 g/mol. The molecule has 0 aliphatic rings. The molecule has 0 saturated carbocycles. The van der Waals surface area contributed by atoms with E-state index in [0.29, 0.717) is 13.2 Å². The van der Waals surface area contributed by atoms with E-state index in [2.05, 4.69) is 5.32 Å². The zero-order valence-corrected chi connectivity index (χ0v) is 9.00. The molecule has 0 bridgehead atoms. The summed E-state index contributed by atoms with van der Waals surface area (Å²) < 4.78 is 4.71. The molecule has 0 aliphatic carbocycles. The van der Waals surface area contributed by atoms with Crippen LogP contribution in [0.2, 0.25) is 0 Å². The molecule has 1 N–H and O–H groups in total. The molecule has 0 rings (SSSR count). The van der Waals surface area contributed by atoms with Crippen molar-refractivity contribution in [1.29, 1.82) is 0 Å². The van der Waals surface area contributed by atoms with Crippen molar-refractivity contribution in [2.24, 2.45) is 0 Å². The summed E-state index contributed by atoms with van der Waals surface area (Å²) in [6, 6.07) is -0.250. The minimum absolute atomic E-state index is 0.0105. The third kappa shape index (κ3) is 5.40. The number of ether oxygens (including phenoxy) is 1. The summed E-state index contributed by atoms with van der Waals surface area (Å²) in [7, 11) is 1.56. The summed E-state index contributed by atoms with van der Waals surface area (Å²) in [6.07, 6.45) is 0.874. The number of carbonyl (C=O) groups excluding carboxylic acids is 2. The van der Waals surface area contributed by atoms with Gasteiger partial charge in [0.1, 0.15) is 6.54 Å². The Hall–Kier alpha value is -1.26. The van der Waals surface area contributed by atoms with Crippen molar-refractivity contribution in [1.82, 2.24) is 10.2 Å². The van der Waals surface area contributed by atoms with E-state index in [9.17, 15) is 9.59 Å². The predicted molar refractivity (Wildman–Crippen MR) is 53.0 cm³/mol. The maximum absolute atomic E-state index is 11.2. The molecule has 0 fully saturated rings. The molecule has 0 aliphatic heterocycles. The highest BCUT2D eigenvalue weighted by Crippen LogP contribution is 1.87.